The number of nitrogens with zero attached hydrogens (tertiary/aromatic N) is 3. The van der Waals surface area contributed by atoms with Crippen molar-refractivity contribution in [3.8, 4) is 0 Å². The summed E-state index contributed by atoms with van der Waals surface area (Å²) in [6.07, 6.45) is 1.20. The van der Waals surface area contributed by atoms with E-state index in [0.717, 1.165) is 22.3 Å². The summed E-state index contributed by atoms with van der Waals surface area (Å²) in [7, 11) is 0. The van der Waals surface area contributed by atoms with Crippen LogP contribution in [-0.4, -0.2) is 51.5 Å². The van der Waals surface area contributed by atoms with Gasteiger partial charge >= 0.3 is 0 Å². The van der Waals surface area contributed by atoms with Crippen LogP contribution in [-0.2, 0) is 27.3 Å². The van der Waals surface area contributed by atoms with Gasteiger partial charge in [-0.2, -0.15) is 0 Å². The molecule has 0 unspecified atom stereocenters. The molecule has 0 fully saturated rings. The molecule has 3 aromatic carbocycles. The molecule has 3 amide bonds. The maximum atomic E-state index is 13.6. The fraction of sp³-hybridized carbons (Fsp3) is 0.281. The lowest BCUT2D eigenvalue weighted by atomic mass is 10.1. The lowest BCUT2D eigenvalue weighted by molar-refractivity contribution is -0.128. The first kappa shape index (κ1) is 28.3. The highest BCUT2D eigenvalue weighted by atomic mass is 32.2. The van der Waals surface area contributed by atoms with Crippen LogP contribution in [0.15, 0.2) is 88.8 Å². The molecule has 0 aliphatic carbocycles. The highest BCUT2D eigenvalue weighted by molar-refractivity contribution is 8.15. The number of carbonyl (C=O) groups excluding carboxylic acids is 3. The van der Waals surface area contributed by atoms with Crippen LogP contribution < -0.4 is 10.6 Å². The summed E-state index contributed by atoms with van der Waals surface area (Å²) in [6.45, 7) is 4.85. The third-order valence-electron chi connectivity index (χ3n) is 7.00. The predicted molar refractivity (Wildman–Crippen MR) is 163 cm³/mol. The van der Waals surface area contributed by atoms with Crippen molar-refractivity contribution in [2.75, 3.05) is 6.54 Å². The van der Waals surface area contributed by atoms with E-state index in [-0.39, 0.29) is 24.1 Å². The first-order valence-electron chi connectivity index (χ1n) is 13.8. The van der Waals surface area contributed by atoms with Gasteiger partial charge in [0.25, 0.3) is 5.91 Å². The molecule has 5 rings (SSSR count). The summed E-state index contributed by atoms with van der Waals surface area (Å²) in [5.74, 6) is -0.196. The molecule has 3 aromatic rings. The van der Waals surface area contributed by atoms with Crippen molar-refractivity contribution in [2.24, 2.45) is 9.98 Å². The standard InChI is InChI=1S/C32H33N5O3S/c1-3-27(30(39)34-20-23-15-13-21(2)14-16-23)41-32-36-25-12-8-7-11-24(25)29-35-26(31(40)37(29)32)19-28(38)33-18-17-22-9-5-4-6-10-22/h4-16,26-27H,3,17-20H2,1-2H3,(H,33,38)(H,34,39)/t26-,27+/m0/s1. The van der Waals surface area contributed by atoms with Crippen molar-refractivity contribution in [3.63, 3.8) is 0 Å². The van der Waals surface area contributed by atoms with E-state index in [4.69, 9.17) is 4.99 Å². The molecule has 41 heavy (non-hydrogen) atoms. The maximum absolute atomic E-state index is 13.6. The number of amides is 3. The molecule has 0 spiro atoms. The van der Waals surface area contributed by atoms with Gasteiger partial charge in [-0.1, -0.05) is 91.0 Å². The van der Waals surface area contributed by atoms with E-state index >= 15 is 0 Å². The maximum Gasteiger partial charge on any atom is 0.259 e. The molecule has 2 heterocycles. The molecule has 0 radical (unpaired) electrons. The Balaban J connectivity index is 1.27. The molecule has 0 saturated carbocycles. The normalized spacial score (nSPS) is 16.3. The second-order valence-corrected chi connectivity index (χ2v) is 11.2. The van der Waals surface area contributed by atoms with Gasteiger partial charge in [0.05, 0.1) is 17.4 Å². The summed E-state index contributed by atoms with van der Waals surface area (Å²) in [4.78, 5) is 50.4. The summed E-state index contributed by atoms with van der Waals surface area (Å²) < 4.78 is 0. The summed E-state index contributed by atoms with van der Waals surface area (Å²) in [6, 6.07) is 24.6. The molecular formula is C32H33N5O3S. The van der Waals surface area contributed by atoms with Gasteiger partial charge in [-0.25, -0.2) is 9.89 Å². The number of rotatable bonds is 10. The van der Waals surface area contributed by atoms with Gasteiger partial charge in [0, 0.05) is 18.7 Å². The lowest BCUT2D eigenvalue weighted by Gasteiger charge is -2.27. The van der Waals surface area contributed by atoms with Crippen molar-refractivity contribution < 1.29 is 14.4 Å². The van der Waals surface area contributed by atoms with Crippen molar-refractivity contribution in [1.29, 1.82) is 0 Å². The molecule has 2 aliphatic rings. The van der Waals surface area contributed by atoms with Gasteiger partial charge in [-0.05, 0) is 43.0 Å². The predicted octanol–water partition coefficient (Wildman–Crippen LogP) is 4.53. The molecule has 0 bridgehead atoms. The van der Waals surface area contributed by atoms with Crippen molar-refractivity contribution in [1.82, 2.24) is 15.5 Å². The monoisotopic (exact) mass is 567 g/mol. The smallest absolute Gasteiger partial charge is 0.259 e. The lowest BCUT2D eigenvalue weighted by Crippen LogP contribution is -2.43. The Morgan fingerprint density at radius 3 is 2.44 bits per heavy atom. The first-order valence-corrected chi connectivity index (χ1v) is 14.7. The minimum Gasteiger partial charge on any atom is -0.356 e. The fourth-order valence-corrected chi connectivity index (χ4v) is 5.76. The van der Waals surface area contributed by atoms with Crippen LogP contribution in [0.25, 0.3) is 0 Å². The minimum absolute atomic E-state index is 0.0536. The second-order valence-electron chi connectivity index (χ2n) is 10.1. The largest absolute Gasteiger partial charge is 0.356 e. The van der Waals surface area contributed by atoms with E-state index in [9.17, 15) is 14.4 Å². The van der Waals surface area contributed by atoms with E-state index in [1.807, 2.05) is 92.7 Å². The summed E-state index contributed by atoms with van der Waals surface area (Å²) >= 11 is 1.25. The third kappa shape index (κ3) is 6.74. The highest BCUT2D eigenvalue weighted by Crippen LogP contribution is 2.35. The zero-order chi connectivity index (χ0) is 28.8. The fourth-order valence-electron chi connectivity index (χ4n) is 4.71. The quantitative estimate of drug-likeness (QED) is 0.376. The van der Waals surface area contributed by atoms with Crippen LogP contribution in [0.2, 0.25) is 0 Å². The van der Waals surface area contributed by atoms with Gasteiger partial charge in [-0.3, -0.25) is 19.4 Å². The number of aryl methyl sites for hydroxylation is 1. The van der Waals surface area contributed by atoms with E-state index < -0.39 is 11.3 Å². The third-order valence-corrected chi connectivity index (χ3v) is 8.32. The molecule has 0 aromatic heterocycles. The SMILES string of the molecule is CC[C@@H](SC1=Nc2ccccc2C2=N[C@@H](CC(=O)NCCc3ccccc3)C(=O)N12)C(=O)NCc1ccc(C)cc1. The highest BCUT2D eigenvalue weighted by Gasteiger charge is 2.43. The van der Waals surface area contributed by atoms with E-state index in [2.05, 4.69) is 15.6 Å². The number of benzene rings is 3. The van der Waals surface area contributed by atoms with Gasteiger partial charge in [-0.15, -0.1) is 0 Å². The van der Waals surface area contributed by atoms with Gasteiger partial charge in [0.2, 0.25) is 11.8 Å². The Morgan fingerprint density at radius 2 is 1.68 bits per heavy atom. The topological polar surface area (TPSA) is 103 Å². The number of thioether (sulfide) groups is 1. The molecule has 8 nitrogen and oxygen atoms in total. The van der Waals surface area contributed by atoms with E-state index in [1.165, 1.54) is 16.7 Å². The summed E-state index contributed by atoms with van der Waals surface area (Å²) in [5, 5.41) is 5.86. The Bertz CT molecular complexity index is 1490. The van der Waals surface area contributed by atoms with E-state index in [0.29, 0.717) is 42.6 Å². The number of nitrogens with one attached hydrogen (secondary N) is 2. The van der Waals surface area contributed by atoms with Crippen LogP contribution in [0.4, 0.5) is 5.69 Å². The number of hydrogen-bond acceptors (Lipinski definition) is 6. The molecule has 2 atom stereocenters. The Kier molecular flexibility index (Phi) is 8.94. The zero-order valence-corrected chi connectivity index (χ0v) is 24.0. The van der Waals surface area contributed by atoms with E-state index in [1.54, 1.807) is 0 Å². The molecular weight excluding hydrogens is 534 g/mol. The first-order chi connectivity index (χ1) is 19.9. The average molecular weight is 568 g/mol. The molecule has 2 N–H and O–H groups in total. The molecule has 9 heteroatoms. The second kappa shape index (κ2) is 13.0. The Labute approximate surface area is 244 Å². The van der Waals surface area contributed by atoms with Crippen LogP contribution in [0.1, 0.15) is 42.0 Å². The average Bonchev–Trinajstić information content (AvgIpc) is 3.31. The minimum atomic E-state index is -0.853. The number of carbonyl (C=O) groups is 3. The zero-order valence-electron chi connectivity index (χ0n) is 23.2. The number of hydrogen-bond donors (Lipinski definition) is 2. The van der Waals surface area contributed by atoms with Crippen molar-refractivity contribution in [3.05, 3.63) is 101 Å². The van der Waals surface area contributed by atoms with Gasteiger partial charge < -0.3 is 10.6 Å². The summed E-state index contributed by atoms with van der Waals surface area (Å²) in [5.41, 5.74) is 4.72. The van der Waals surface area contributed by atoms with Gasteiger partial charge in [0.1, 0.15) is 11.9 Å². The number of para-hydroxylation sites is 1. The number of fused-ring (bicyclic) bond motifs is 3. The van der Waals surface area contributed by atoms with Crippen LogP contribution >= 0.6 is 11.8 Å². The van der Waals surface area contributed by atoms with Crippen LogP contribution in [0.5, 0.6) is 0 Å². The Morgan fingerprint density at radius 1 is 0.951 bits per heavy atom. The van der Waals surface area contributed by atoms with Crippen molar-refractivity contribution >= 4 is 46.2 Å². The molecule has 0 saturated heterocycles. The van der Waals surface area contributed by atoms with Crippen LogP contribution in [0.3, 0.4) is 0 Å². The van der Waals surface area contributed by atoms with Crippen molar-refractivity contribution in [2.45, 2.75) is 50.9 Å². The Hall–Kier alpha value is -4.24. The number of aliphatic imine (C=N–C) groups is 2. The van der Waals surface area contributed by atoms with Gasteiger partial charge in [0.15, 0.2) is 5.17 Å². The molecule has 2 aliphatic heterocycles. The van der Waals surface area contributed by atoms with Crippen LogP contribution in [0, 0.1) is 6.92 Å². The molecule has 210 valence electrons. The number of amidine groups is 2.